The number of nitrogens with zero attached hydrogens (tertiary/aromatic N) is 1. The van der Waals surface area contributed by atoms with Gasteiger partial charge in [-0.05, 0) is 20.3 Å². The molecular formula is C7H19N3. The molecule has 0 fully saturated rings. The van der Waals surface area contributed by atoms with Gasteiger partial charge in [0.2, 0.25) is 0 Å². The molecule has 0 saturated carbocycles. The first-order valence-corrected chi connectivity index (χ1v) is 3.95. The predicted molar refractivity (Wildman–Crippen MR) is 44.1 cm³/mol. The monoisotopic (exact) mass is 145 g/mol. The van der Waals surface area contributed by atoms with Gasteiger partial charge in [0.15, 0.2) is 0 Å². The molecule has 0 saturated heterocycles. The molecule has 0 aromatic rings. The Morgan fingerprint density at radius 1 is 1.50 bits per heavy atom. The quantitative estimate of drug-likeness (QED) is 0.445. The molecule has 0 amide bonds. The van der Waals surface area contributed by atoms with E-state index < -0.39 is 0 Å². The van der Waals surface area contributed by atoms with Crippen molar-refractivity contribution in [3.63, 3.8) is 0 Å². The van der Waals surface area contributed by atoms with E-state index in [1.54, 1.807) is 5.12 Å². The molecule has 0 aromatic carbocycles. The highest BCUT2D eigenvalue weighted by molar-refractivity contribution is 4.47. The summed E-state index contributed by atoms with van der Waals surface area (Å²) in [5.74, 6) is 5.58. The highest BCUT2D eigenvalue weighted by atomic mass is 15.7. The summed E-state index contributed by atoms with van der Waals surface area (Å²) in [6, 6.07) is 0.432. The second-order valence-electron chi connectivity index (χ2n) is 2.83. The normalized spacial score (nSPS) is 11.4. The van der Waals surface area contributed by atoms with Gasteiger partial charge in [-0.1, -0.05) is 13.3 Å². The Morgan fingerprint density at radius 3 is 2.50 bits per heavy atom. The molecule has 0 aromatic heterocycles. The van der Waals surface area contributed by atoms with Crippen LogP contribution in [-0.4, -0.2) is 17.7 Å². The van der Waals surface area contributed by atoms with Gasteiger partial charge in [-0.3, -0.25) is 5.84 Å². The molecule has 0 spiro atoms. The van der Waals surface area contributed by atoms with Crippen LogP contribution in [0.1, 0.15) is 33.6 Å². The van der Waals surface area contributed by atoms with E-state index in [-0.39, 0.29) is 0 Å². The Balaban J connectivity index is 3.16. The molecule has 0 aliphatic rings. The van der Waals surface area contributed by atoms with Crippen LogP contribution in [0.3, 0.4) is 0 Å². The van der Waals surface area contributed by atoms with Crippen LogP contribution >= 0.6 is 0 Å². The average molecular weight is 145 g/mol. The molecule has 0 aliphatic heterocycles. The van der Waals surface area contributed by atoms with Crippen LogP contribution in [0.25, 0.3) is 0 Å². The molecule has 0 unspecified atom stereocenters. The van der Waals surface area contributed by atoms with Crippen LogP contribution in [0.5, 0.6) is 0 Å². The molecule has 62 valence electrons. The van der Waals surface area contributed by atoms with Crippen LogP contribution < -0.4 is 11.3 Å². The number of hydrogen-bond acceptors (Lipinski definition) is 3. The number of unbranched alkanes of at least 4 members (excludes halogenated alkanes) is 1. The van der Waals surface area contributed by atoms with Crippen LogP contribution in [0.15, 0.2) is 0 Å². The van der Waals surface area contributed by atoms with E-state index in [0.29, 0.717) is 6.04 Å². The molecule has 3 nitrogen and oxygen atoms in total. The Morgan fingerprint density at radius 2 is 2.10 bits per heavy atom. The average Bonchev–Trinajstić information content (AvgIpc) is 1.82. The van der Waals surface area contributed by atoms with E-state index in [9.17, 15) is 0 Å². The largest absolute Gasteiger partial charge is 0.255 e. The molecule has 0 atom stereocenters. The standard InChI is InChI=1S/C7H19N3/c1-4-5-6-10(8)9-7(2)3/h7,9H,4-6,8H2,1-3H3. The maximum absolute atomic E-state index is 5.58. The highest BCUT2D eigenvalue weighted by Crippen LogP contribution is 1.87. The van der Waals surface area contributed by atoms with E-state index >= 15 is 0 Å². The topological polar surface area (TPSA) is 41.3 Å². The first kappa shape index (κ1) is 9.88. The third-order valence-corrected chi connectivity index (χ3v) is 1.18. The minimum Gasteiger partial charge on any atom is -0.255 e. The molecule has 3 N–H and O–H groups in total. The summed E-state index contributed by atoms with van der Waals surface area (Å²) < 4.78 is 0. The summed E-state index contributed by atoms with van der Waals surface area (Å²) in [5.41, 5.74) is 3.09. The summed E-state index contributed by atoms with van der Waals surface area (Å²) >= 11 is 0. The second-order valence-corrected chi connectivity index (χ2v) is 2.83. The molecule has 0 rings (SSSR count). The lowest BCUT2D eigenvalue weighted by molar-refractivity contribution is 0.168. The van der Waals surface area contributed by atoms with E-state index in [4.69, 9.17) is 5.84 Å². The van der Waals surface area contributed by atoms with Gasteiger partial charge in [0, 0.05) is 12.6 Å². The zero-order valence-electron chi connectivity index (χ0n) is 7.22. The van der Waals surface area contributed by atoms with Gasteiger partial charge in [-0.2, -0.15) is 5.12 Å². The minimum absolute atomic E-state index is 0.432. The first-order chi connectivity index (χ1) is 4.66. The number of hydrazine groups is 2. The van der Waals surface area contributed by atoms with Crippen molar-refractivity contribution in [1.82, 2.24) is 10.5 Å². The van der Waals surface area contributed by atoms with E-state index in [0.717, 1.165) is 13.0 Å². The number of rotatable bonds is 5. The van der Waals surface area contributed by atoms with Crippen molar-refractivity contribution in [2.45, 2.75) is 39.7 Å². The summed E-state index contributed by atoms with van der Waals surface area (Å²) in [5, 5.41) is 1.66. The van der Waals surface area contributed by atoms with Crippen molar-refractivity contribution in [1.29, 1.82) is 0 Å². The minimum atomic E-state index is 0.432. The lowest BCUT2D eigenvalue weighted by Crippen LogP contribution is -2.47. The third kappa shape index (κ3) is 6.01. The third-order valence-electron chi connectivity index (χ3n) is 1.18. The van der Waals surface area contributed by atoms with Crippen molar-refractivity contribution in [3.8, 4) is 0 Å². The molecule has 0 bridgehead atoms. The van der Waals surface area contributed by atoms with Crippen LogP contribution in [0, 0.1) is 0 Å². The second kappa shape index (κ2) is 5.65. The Bertz CT molecular complexity index is 73.3. The number of hydrogen-bond donors (Lipinski definition) is 2. The smallest absolute Gasteiger partial charge is 0.0285 e. The Labute approximate surface area is 63.5 Å². The van der Waals surface area contributed by atoms with Crippen molar-refractivity contribution in [3.05, 3.63) is 0 Å². The van der Waals surface area contributed by atoms with Gasteiger partial charge >= 0.3 is 0 Å². The maximum Gasteiger partial charge on any atom is 0.0285 e. The van der Waals surface area contributed by atoms with Gasteiger partial charge in [0.1, 0.15) is 0 Å². The van der Waals surface area contributed by atoms with Crippen LogP contribution in [0.4, 0.5) is 0 Å². The lowest BCUT2D eigenvalue weighted by Gasteiger charge is -2.19. The molecular weight excluding hydrogens is 126 g/mol. The number of nitrogens with one attached hydrogen (secondary N) is 1. The lowest BCUT2D eigenvalue weighted by atomic mass is 10.3. The van der Waals surface area contributed by atoms with E-state index in [1.165, 1.54) is 6.42 Å². The van der Waals surface area contributed by atoms with Gasteiger partial charge in [0.25, 0.3) is 0 Å². The van der Waals surface area contributed by atoms with Crippen molar-refractivity contribution >= 4 is 0 Å². The molecule has 0 radical (unpaired) electrons. The zero-order valence-corrected chi connectivity index (χ0v) is 7.22. The van der Waals surface area contributed by atoms with Gasteiger partial charge in [-0.25, -0.2) is 5.43 Å². The molecule has 3 heteroatoms. The van der Waals surface area contributed by atoms with E-state index in [1.807, 2.05) is 0 Å². The Hall–Kier alpha value is -0.120. The van der Waals surface area contributed by atoms with Gasteiger partial charge in [-0.15, -0.1) is 0 Å². The summed E-state index contributed by atoms with van der Waals surface area (Å²) in [4.78, 5) is 0. The van der Waals surface area contributed by atoms with Crippen molar-refractivity contribution < 1.29 is 0 Å². The number of nitrogens with two attached hydrogens (primary N) is 1. The van der Waals surface area contributed by atoms with Crippen LogP contribution in [-0.2, 0) is 0 Å². The molecule has 0 aliphatic carbocycles. The SMILES string of the molecule is CCCCN(N)NC(C)C. The zero-order chi connectivity index (χ0) is 7.98. The van der Waals surface area contributed by atoms with Crippen molar-refractivity contribution in [2.24, 2.45) is 5.84 Å². The first-order valence-electron chi connectivity index (χ1n) is 3.95. The fraction of sp³-hybridized carbons (Fsp3) is 1.00. The van der Waals surface area contributed by atoms with E-state index in [2.05, 4.69) is 26.2 Å². The van der Waals surface area contributed by atoms with Crippen molar-refractivity contribution in [2.75, 3.05) is 6.54 Å². The maximum atomic E-state index is 5.58. The van der Waals surface area contributed by atoms with Gasteiger partial charge in [0.05, 0.1) is 0 Å². The van der Waals surface area contributed by atoms with Gasteiger partial charge < -0.3 is 0 Å². The summed E-state index contributed by atoms with van der Waals surface area (Å²) in [6.07, 6.45) is 2.34. The predicted octanol–water partition coefficient (Wildman–Crippen LogP) is 0.875. The summed E-state index contributed by atoms with van der Waals surface area (Å²) in [7, 11) is 0. The molecule has 10 heavy (non-hydrogen) atoms. The highest BCUT2D eigenvalue weighted by Gasteiger charge is 1.97. The fourth-order valence-corrected chi connectivity index (χ4v) is 0.725. The Kier molecular flexibility index (Phi) is 5.58. The summed E-state index contributed by atoms with van der Waals surface area (Å²) in [6.45, 7) is 7.23. The fourth-order valence-electron chi connectivity index (χ4n) is 0.725. The molecule has 0 heterocycles. The van der Waals surface area contributed by atoms with Crippen LogP contribution in [0.2, 0.25) is 0 Å².